The average Bonchev–Trinajstić information content (AvgIpc) is 2.58. The minimum atomic E-state index is -0.555. The molecule has 4 N–H and O–H groups in total. The van der Waals surface area contributed by atoms with Crippen molar-refractivity contribution in [3.8, 4) is 11.5 Å². The van der Waals surface area contributed by atoms with Crippen molar-refractivity contribution in [2.24, 2.45) is 0 Å². The Morgan fingerprint density at radius 3 is 2.40 bits per heavy atom. The second-order valence-electron chi connectivity index (χ2n) is 4.99. The summed E-state index contributed by atoms with van der Waals surface area (Å²) in [6, 6.07) is 4.86. The Labute approximate surface area is 145 Å². The number of anilines is 2. The first-order valence-electron chi connectivity index (χ1n) is 7.86. The van der Waals surface area contributed by atoms with Crippen LogP contribution in [0, 0.1) is 0 Å². The van der Waals surface area contributed by atoms with Gasteiger partial charge in [0.2, 0.25) is 11.9 Å². The van der Waals surface area contributed by atoms with E-state index in [1.54, 1.807) is 18.2 Å². The number of hydrogen-bond donors (Lipinski definition) is 2. The van der Waals surface area contributed by atoms with Gasteiger partial charge >= 0.3 is 5.97 Å². The van der Waals surface area contributed by atoms with Gasteiger partial charge in [0.1, 0.15) is 0 Å². The Morgan fingerprint density at radius 1 is 1.04 bits per heavy atom. The van der Waals surface area contributed by atoms with Crippen molar-refractivity contribution in [1.82, 2.24) is 15.0 Å². The SMILES string of the molecule is CCCOc1ccc(C(=O)OCc2nc(N)nc(N)n2)cc1OCC. The lowest BCUT2D eigenvalue weighted by Crippen LogP contribution is -2.11. The maximum atomic E-state index is 12.2. The maximum Gasteiger partial charge on any atom is 0.338 e. The van der Waals surface area contributed by atoms with E-state index in [4.69, 9.17) is 25.7 Å². The van der Waals surface area contributed by atoms with E-state index in [-0.39, 0.29) is 24.3 Å². The Kier molecular flexibility index (Phi) is 6.33. The fraction of sp³-hybridized carbons (Fsp3) is 0.375. The summed E-state index contributed by atoms with van der Waals surface area (Å²) in [5.74, 6) is 0.619. The standard InChI is InChI=1S/C16H21N5O4/c1-3-7-24-11-6-5-10(8-12(11)23-4-2)14(22)25-9-13-19-15(17)21-16(18)20-13/h5-6,8H,3-4,7,9H2,1-2H3,(H4,17,18,19,20,21). The van der Waals surface area contributed by atoms with Gasteiger partial charge in [-0.25, -0.2) is 4.79 Å². The van der Waals surface area contributed by atoms with Crippen molar-refractivity contribution in [3.63, 3.8) is 0 Å². The van der Waals surface area contributed by atoms with E-state index >= 15 is 0 Å². The molecule has 0 bridgehead atoms. The highest BCUT2D eigenvalue weighted by atomic mass is 16.5. The predicted molar refractivity (Wildman–Crippen MR) is 91.2 cm³/mol. The molecule has 0 amide bonds. The van der Waals surface area contributed by atoms with Gasteiger partial charge in [0.05, 0.1) is 18.8 Å². The van der Waals surface area contributed by atoms with E-state index in [1.807, 2.05) is 13.8 Å². The number of hydrogen-bond acceptors (Lipinski definition) is 9. The molecular weight excluding hydrogens is 326 g/mol. The molecule has 0 unspecified atom stereocenters. The van der Waals surface area contributed by atoms with E-state index in [0.29, 0.717) is 30.3 Å². The molecule has 1 aromatic heterocycles. The summed E-state index contributed by atoms with van der Waals surface area (Å²) in [6.45, 7) is 4.70. The molecule has 134 valence electrons. The van der Waals surface area contributed by atoms with Crippen LogP contribution >= 0.6 is 0 Å². The molecule has 0 aliphatic rings. The maximum absolute atomic E-state index is 12.2. The minimum absolute atomic E-state index is 0.0328. The number of carbonyl (C=O) groups is 1. The number of aromatic nitrogens is 3. The Hall–Kier alpha value is -3.10. The predicted octanol–water partition coefficient (Wildman–Crippen LogP) is 1.58. The van der Waals surface area contributed by atoms with E-state index < -0.39 is 5.97 Å². The summed E-state index contributed by atoms with van der Waals surface area (Å²) < 4.78 is 16.3. The molecule has 0 atom stereocenters. The molecule has 0 saturated carbocycles. The van der Waals surface area contributed by atoms with Crippen LogP contribution in [0.1, 0.15) is 36.5 Å². The van der Waals surface area contributed by atoms with Gasteiger partial charge in [0.15, 0.2) is 23.9 Å². The first kappa shape index (κ1) is 18.2. The Balaban J connectivity index is 2.08. The van der Waals surface area contributed by atoms with Crippen molar-refractivity contribution in [2.75, 3.05) is 24.7 Å². The third-order valence-corrected chi connectivity index (χ3v) is 2.99. The van der Waals surface area contributed by atoms with Gasteiger partial charge in [-0.1, -0.05) is 6.92 Å². The minimum Gasteiger partial charge on any atom is -0.490 e. The molecule has 0 aliphatic heterocycles. The van der Waals surface area contributed by atoms with Crippen LogP contribution in [-0.2, 0) is 11.3 Å². The summed E-state index contributed by atoms with van der Waals surface area (Å²) in [4.78, 5) is 23.6. The second-order valence-corrected chi connectivity index (χ2v) is 4.99. The number of ether oxygens (including phenoxy) is 3. The number of rotatable bonds is 8. The van der Waals surface area contributed by atoms with Gasteiger partial charge in [-0.3, -0.25) is 0 Å². The summed E-state index contributed by atoms with van der Waals surface area (Å²) in [7, 11) is 0. The third kappa shape index (κ3) is 5.20. The van der Waals surface area contributed by atoms with Crippen molar-refractivity contribution in [3.05, 3.63) is 29.6 Å². The first-order valence-corrected chi connectivity index (χ1v) is 7.86. The molecule has 1 aromatic carbocycles. The number of benzene rings is 1. The Morgan fingerprint density at radius 2 is 1.76 bits per heavy atom. The van der Waals surface area contributed by atoms with Gasteiger partial charge in [0, 0.05) is 0 Å². The highest BCUT2D eigenvalue weighted by Crippen LogP contribution is 2.29. The molecule has 2 rings (SSSR count). The lowest BCUT2D eigenvalue weighted by atomic mass is 10.2. The highest BCUT2D eigenvalue weighted by molar-refractivity contribution is 5.90. The van der Waals surface area contributed by atoms with Crippen LogP contribution in [0.15, 0.2) is 18.2 Å². The Bertz CT molecular complexity index is 718. The van der Waals surface area contributed by atoms with Crippen LogP contribution in [0.5, 0.6) is 11.5 Å². The van der Waals surface area contributed by atoms with Gasteiger partial charge in [0.25, 0.3) is 0 Å². The van der Waals surface area contributed by atoms with E-state index in [0.717, 1.165) is 6.42 Å². The van der Waals surface area contributed by atoms with E-state index in [1.165, 1.54) is 0 Å². The van der Waals surface area contributed by atoms with Gasteiger partial charge in [-0.15, -0.1) is 0 Å². The van der Waals surface area contributed by atoms with E-state index in [2.05, 4.69) is 15.0 Å². The first-order chi connectivity index (χ1) is 12.0. The van der Waals surface area contributed by atoms with Crippen molar-refractivity contribution < 1.29 is 19.0 Å². The number of nitrogens with two attached hydrogens (primary N) is 2. The van der Waals surface area contributed by atoms with Crippen molar-refractivity contribution >= 4 is 17.9 Å². The summed E-state index contributed by atoms with van der Waals surface area (Å²) in [6.07, 6.45) is 0.869. The van der Waals surface area contributed by atoms with Crippen LogP contribution in [0.3, 0.4) is 0 Å². The fourth-order valence-corrected chi connectivity index (χ4v) is 1.97. The summed E-state index contributed by atoms with van der Waals surface area (Å²) >= 11 is 0. The molecule has 9 heteroatoms. The lowest BCUT2D eigenvalue weighted by Gasteiger charge is -2.12. The average molecular weight is 347 g/mol. The second kappa shape index (κ2) is 8.67. The molecule has 2 aromatic rings. The third-order valence-electron chi connectivity index (χ3n) is 2.99. The number of carbonyl (C=O) groups excluding carboxylic acids is 1. The van der Waals surface area contributed by atoms with Crippen LogP contribution in [0.2, 0.25) is 0 Å². The molecule has 1 heterocycles. The molecular formula is C16H21N5O4. The molecule has 0 aliphatic carbocycles. The molecule has 9 nitrogen and oxygen atoms in total. The van der Waals surface area contributed by atoms with Crippen molar-refractivity contribution in [1.29, 1.82) is 0 Å². The molecule has 25 heavy (non-hydrogen) atoms. The zero-order valence-corrected chi connectivity index (χ0v) is 14.2. The molecule has 0 spiro atoms. The van der Waals surface area contributed by atoms with Crippen molar-refractivity contribution in [2.45, 2.75) is 26.9 Å². The van der Waals surface area contributed by atoms with Gasteiger partial charge < -0.3 is 25.7 Å². The lowest BCUT2D eigenvalue weighted by molar-refractivity contribution is 0.0461. The molecule has 0 saturated heterocycles. The van der Waals surface area contributed by atoms with Crippen LogP contribution in [0.4, 0.5) is 11.9 Å². The normalized spacial score (nSPS) is 10.3. The summed E-state index contributed by atoms with van der Waals surface area (Å²) in [5.41, 5.74) is 11.3. The largest absolute Gasteiger partial charge is 0.490 e. The molecule has 0 fully saturated rings. The number of nitrogens with zero attached hydrogens (tertiary/aromatic N) is 3. The number of esters is 1. The van der Waals surface area contributed by atoms with E-state index in [9.17, 15) is 4.79 Å². The topological polar surface area (TPSA) is 135 Å². The number of nitrogen functional groups attached to an aromatic ring is 2. The van der Waals surface area contributed by atoms with Gasteiger partial charge in [-0.05, 0) is 31.5 Å². The van der Waals surface area contributed by atoms with Gasteiger partial charge in [-0.2, -0.15) is 15.0 Å². The molecule has 0 radical (unpaired) electrons. The zero-order valence-electron chi connectivity index (χ0n) is 14.2. The van der Waals surface area contributed by atoms with Crippen LogP contribution in [0.25, 0.3) is 0 Å². The van der Waals surface area contributed by atoms with Crippen LogP contribution < -0.4 is 20.9 Å². The summed E-state index contributed by atoms with van der Waals surface area (Å²) in [5, 5.41) is 0. The zero-order chi connectivity index (χ0) is 18.2. The smallest absolute Gasteiger partial charge is 0.338 e. The fourth-order valence-electron chi connectivity index (χ4n) is 1.97. The quantitative estimate of drug-likeness (QED) is 0.682. The monoisotopic (exact) mass is 347 g/mol. The highest BCUT2D eigenvalue weighted by Gasteiger charge is 2.14. The van der Waals surface area contributed by atoms with Crippen LogP contribution in [-0.4, -0.2) is 34.1 Å².